The van der Waals surface area contributed by atoms with Crippen molar-refractivity contribution in [1.29, 1.82) is 0 Å². The minimum Gasteiger partial charge on any atom is -0.380 e. The van der Waals surface area contributed by atoms with Crippen molar-refractivity contribution in [3.63, 3.8) is 0 Å². The van der Waals surface area contributed by atoms with Gasteiger partial charge in [-0.25, -0.2) is 0 Å². The number of benzene rings is 2. The third-order valence-electron chi connectivity index (χ3n) is 3.84. The predicted molar refractivity (Wildman–Crippen MR) is 95.0 cm³/mol. The summed E-state index contributed by atoms with van der Waals surface area (Å²) in [5.74, 6) is 0.504. The lowest BCUT2D eigenvalue weighted by Crippen LogP contribution is -2.34. The zero-order valence-electron chi connectivity index (χ0n) is 11.0. The minimum absolute atomic E-state index is 0.377. The van der Waals surface area contributed by atoms with Gasteiger partial charge < -0.3 is 5.32 Å². The molecule has 1 aliphatic rings. The number of anilines is 1. The zero-order valence-corrected chi connectivity index (χ0v) is 14.9. The molecule has 21 heavy (non-hydrogen) atoms. The van der Waals surface area contributed by atoms with E-state index < -0.39 is 0 Å². The van der Waals surface area contributed by atoms with Crippen molar-refractivity contribution in [3.05, 3.63) is 61.5 Å². The fourth-order valence-electron chi connectivity index (χ4n) is 2.68. The first-order valence-corrected chi connectivity index (χ1v) is 8.63. The molecule has 0 heterocycles. The van der Waals surface area contributed by atoms with E-state index in [0.717, 1.165) is 28.0 Å². The fourth-order valence-corrected chi connectivity index (χ4v) is 4.29. The Bertz CT molecular complexity index is 645. The van der Waals surface area contributed by atoms with Crippen LogP contribution in [0.5, 0.6) is 0 Å². The second-order valence-electron chi connectivity index (χ2n) is 5.28. The molecule has 5 heteroatoms. The maximum atomic E-state index is 6.24. The maximum absolute atomic E-state index is 6.24. The standard InChI is InChI=1S/C16H13BrCl3N/c17-10-7-14(19)16(15(20)8-10)21-11-5-9(6-11)12-3-1-2-4-13(12)18/h1-4,7-9,11,21H,5-6H2. The van der Waals surface area contributed by atoms with E-state index in [4.69, 9.17) is 34.8 Å². The number of hydrogen-bond donors (Lipinski definition) is 1. The van der Waals surface area contributed by atoms with E-state index in [1.54, 1.807) is 0 Å². The van der Waals surface area contributed by atoms with E-state index in [1.165, 1.54) is 5.56 Å². The van der Waals surface area contributed by atoms with Gasteiger partial charge in [0.25, 0.3) is 0 Å². The summed E-state index contributed by atoms with van der Waals surface area (Å²) >= 11 is 22.1. The van der Waals surface area contributed by atoms with E-state index in [-0.39, 0.29) is 0 Å². The van der Waals surface area contributed by atoms with Gasteiger partial charge in [0, 0.05) is 15.5 Å². The van der Waals surface area contributed by atoms with Gasteiger partial charge in [-0.15, -0.1) is 0 Å². The maximum Gasteiger partial charge on any atom is 0.0721 e. The molecular weight excluding hydrogens is 392 g/mol. The largest absolute Gasteiger partial charge is 0.380 e. The molecule has 0 radical (unpaired) electrons. The lowest BCUT2D eigenvalue weighted by molar-refractivity contribution is 0.374. The van der Waals surface area contributed by atoms with Crippen molar-refractivity contribution in [2.45, 2.75) is 24.8 Å². The van der Waals surface area contributed by atoms with Crippen LogP contribution in [0.2, 0.25) is 15.1 Å². The van der Waals surface area contributed by atoms with Gasteiger partial charge in [0.05, 0.1) is 15.7 Å². The van der Waals surface area contributed by atoms with Gasteiger partial charge >= 0.3 is 0 Å². The Kier molecular flexibility index (Phi) is 4.70. The Balaban J connectivity index is 1.67. The molecular formula is C16H13BrCl3N. The van der Waals surface area contributed by atoms with E-state index in [9.17, 15) is 0 Å². The van der Waals surface area contributed by atoms with Gasteiger partial charge in [0.15, 0.2) is 0 Å². The van der Waals surface area contributed by atoms with Crippen molar-refractivity contribution in [2.75, 3.05) is 5.32 Å². The average molecular weight is 406 g/mol. The fraction of sp³-hybridized carbons (Fsp3) is 0.250. The Morgan fingerprint density at radius 1 is 0.952 bits per heavy atom. The van der Waals surface area contributed by atoms with Crippen LogP contribution in [-0.4, -0.2) is 6.04 Å². The van der Waals surface area contributed by atoms with E-state index >= 15 is 0 Å². The summed E-state index contributed by atoms with van der Waals surface area (Å²) in [4.78, 5) is 0. The molecule has 3 rings (SSSR count). The molecule has 2 aromatic rings. The highest BCUT2D eigenvalue weighted by atomic mass is 79.9. The summed E-state index contributed by atoms with van der Waals surface area (Å²) in [6, 6.07) is 12.1. The van der Waals surface area contributed by atoms with Crippen molar-refractivity contribution in [2.24, 2.45) is 0 Å². The molecule has 0 saturated heterocycles. The van der Waals surface area contributed by atoms with Gasteiger partial charge in [-0.2, -0.15) is 0 Å². The van der Waals surface area contributed by atoms with Gasteiger partial charge in [-0.3, -0.25) is 0 Å². The highest BCUT2D eigenvalue weighted by molar-refractivity contribution is 9.10. The molecule has 110 valence electrons. The quantitative estimate of drug-likeness (QED) is 0.594. The Labute approximate surface area is 147 Å². The third-order valence-corrected chi connectivity index (χ3v) is 5.24. The molecule has 0 atom stereocenters. The molecule has 0 aromatic heterocycles. The molecule has 0 aliphatic heterocycles. The number of halogens is 4. The highest BCUT2D eigenvalue weighted by Gasteiger charge is 2.32. The number of nitrogens with one attached hydrogen (secondary N) is 1. The smallest absolute Gasteiger partial charge is 0.0721 e. The van der Waals surface area contributed by atoms with Crippen molar-refractivity contribution in [1.82, 2.24) is 0 Å². The van der Waals surface area contributed by atoms with Gasteiger partial charge in [0.2, 0.25) is 0 Å². The molecule has 2 aromatic carbocycles. The van der Waals surface area contributed by atoms with Crippen LogP contribution in [0.4, 0.5) is 5.69 Å². The third kappa shape index (κ3) is 3.34. The molecule has 1 aliphatic carbocycles. The summed E-state index contributed by atoms with van der Waals surface area (Å²) in [5, 5.41) is 5.55. The van der Waals surface area contributed by atoms with Crippen LogP contribution < -0.4 is 5.32 Å². The van der Waals surface area contributed by atoms with E-state index in [2.05, 4.69) is 27.3 Å². The topological polar surface area (TPSA) is 12.0 Å². The van der Waals surface area contributed by atoms with Gasteiger partial charge in [0.1, 0.15) is 0 Å². The van der Waals surface area contributed by atoms with Crippen LogP contribution in [0.3, 0.4) is 0 Å². The van der Waals surface area contributed by atoms with Crippen LogP contribution in [0, 0.1) is 0 Å². The molecule has 1 saturated carbocycles. The van der Waals surface area contributed by atoms with Crippen molar-refractivity contribution in [3.8, 4) is 0 Å². The van der Waals surface area contributed by atoms with Gasteiger partial charge in [-0.05, 0) is 42.5 Å². The Hall–Kier alpha value is -0.410. The monoisotopic (exact) mass is 403 g/mol. The normalized spacial score (nSPS) is 21.0. The summed E-state index contributed by atoms with van der Waals surface area (Å²) in [7, 11) is 0. The summed E-state index contributed by atoms with van der Waals surface area (Å²) < 4.78 is 0.880. The van der Waals surface area contributed by atoms with Gasteiger partial charge in [-0.1, -0.05) is 68.9 Å². The first-order valence-electron chi connectivity index (χ1n) is 6.70. The summed E-state index contributed by atoms with van der Waals surface area (Å²) in [6.07, 6.45) is 2.07. The lowest BCUT2D eigenvalue weighted by atomic mass is 9.76. The van der Waals surface area contributed by atoms with Crippen LogP contribution >= 0.6 is 50.7 Å². The average Bonchev–Trinajstić information content (AvgIpc) is 2.37. The van der Waals surface area contributed by atoms with E-state index in [0.29, 0.717) is 22.0 Å². The number of hydrogen-bond acceptors (Lipinski definition) is 1. The van der Waals surface area contributed by atoms with Crippen molar-refractivity contribution < 1.29 is 0 Å². The van der Waals surface area contributed by atoms with Crippen LogP contribution in [0.1, 0.15) is 24.3 Å². The Morgan fingerprint density at radius 2 is 1.57 bits per heavy atom. The zero-order chi connectivity index (χ0) is 15.0. The first kappa shape index (κ1) is 15.5. The highest BCUT2D eigenvalue weighted by Crippen LogP contribution is 2.43. The van der Waals surface area contributed by atoms with Crippen LogP contribution in [0.15, 0.2) is 40.9 Å². The number of rotatable bonds is 3. The summed E-state index contributed by atoms with van der Waals surface area (Å²) in [5.41, 5.74) is 2.04. The van der Waals surface area contributed by atoms with Crippen LogP contribution in [-0.2, 0) is 0 Å². The second-order valence-corrected chi connectivity index (χ2v) is 7.41. The van der Waals surface area contributed by atoms with Crippen molar-refractivity contribution >= 4 is 56.4 Å². The second kappa shape index (κ2) is 6.37. The molecule has 0 unspecified atom stereocenters. The molecule has 1 N–H and O–H groups in total. The first-order chi connectivity index (χ1) is 10.0. The Morgan fingerprint density at radius 3 is 2.19 bits per heavy atom. The van der Waals surface area contributed by atoms with E-state index in [1.807, 2.05) is 30.3 Å². The van der Waals surface area contributed by atoms with Crippen LogP contribution in [0.25, 0.3) is 0 Å². The lowest BCUT2D eigenvalue weighted by Gasteiger charge is -2.37. The molecule has 0 spiro atoms. The predicted octanol–water partition coefficient (Wildman–Crippen LogP) is 6.77. The minimum atomic E-state index is 0.377. The molecule has 1 fully saturated rings. The molecule has 1 nitrogen and oxygen atoms in total. The molecule has 0 amide bonds. The molecule has 0 bridgehead atoms. The summed E-state index contributed by atoms with van der Waals surface area (Å²) in [6.45, 7) is 0. The SMILES string of the molecule is Clc1ccccc1C1CC(Nc2c(Cl)cc(Br)cc2Cl)C1.